The number of carbonyl (C=O) groups is 2. The van der Waals surface area contributed by atoms with Gasteiger partial charge < -0.3 is 9.16 Å². The molecule has 0 aromatic heterocycles. The van der Waals surface area contributed by atoms with Crippen LogP contribution < -0.4 is 0 Å². The van der Waals surface area contributed by atoms with Crippen LogP contribution >= 0.6 is 0 Å². The first-order valence-corrected chi connectivity index (χ1v) is 11.1. The standard InChI is InChI=1S/C18H30O4Si/c1-8-21-17(20)15-9-14(13(2)12-19)10-16(11-15)22-23(6,7)18(3,4)5/h9,12,16H,8,10-11H2,1-7H3/b14-13+. The second kappa shape index (κ2) is 7.58. The van der Waals surface area contributed by atoms with Crippen molar-refractivity contribution in [3.8, 4) is 0 Å². The molecule has 0 radical (unpaired) electrons. The third kappa shape index (κ3) is 5.14. The molecule has 0 aromatic rings. The maximum absolute atomic E-state index is 12.1. The largest absolute Gasteiger partial charge is 0.463 e. The third-order valence-corrected chi connectivity index (χ3v) is 9.27. The van der Waals surface area contributed by atoms with Crippen LogP contribution in [-0.2, 0) is 18.8 Å². The Morgan fingerprint density at radius 1 is 1.35 bits per heavy atom. The van der Waals surface area contributed by atoms with Gasteiger partial charge >= 0.3 is 5.97 Å². The second-order valence-corrected chi connectivity index (χ2v) is 12.4. The summed E-state index contributed by atoms with van der Waals surface area (Å²) in [5.74, 6) is -0.313. The summed E-state index contributed by atoms with van der Waals surface area (Å²) < 4.78 is 11.6. The average molecular weight is 339 g/mol. The molecule has 1 aliphatic carbocycles. The molecule has 130 valence electrons. The number of esters is 1. The lowest BCUT2D eigenvalue weighted by atomic mass is 9.90. The Hall–Kier alpha value is -1.20. The predicted molar refractivity (Wildman–Crippen MR) is 94.8 cm³/mol. The summed E-state index contributed by atoms with van der Waals surface area (Å²) in [7, 11) is -1.94. The zero-order valence-corrected chi connectivity index (χ0v) is 16.5. The highest BCUT2D eigenvalue weighted by Gasteiger charge is 2.40. The molecule has 4 nitrogen and oxygen atoms in total. The minimum Gasteiger partial charge on any atom is -0.463 e. The maximum atomic E-state index is 12.1. The van der Waals surface area contributed by atoms with Crippen molar-refractivity contribution in [3.05, 3.63) is 22.8 Å². The van der Waals surface area contributed by atoms with Gasteiger partial charge in [0.2, 0.25) is 0 Å². The summed E-state index contributed by atoms with van der Waals surface area (Å²) in [5.41, 5.74) is 2.12. The molecule has 0 aliphatic heterocycles. The van der Waals surface area contributed by atoms with Gasteiger partial charge in [0.25, 0.3) is 0 Å². The van der Waals surface area contributed by atoms with Crippen molar-refractivity contribution in [2.75, 3.05) is 6.61 Å². The van der Waals surface area contributed by atoms with Crippen LogP contribution in [0, 0.1) is 0 Å². The monoisotopic (exact) mass is 338 g/mol. The molecule has 1 rings (SSSR count). The van der Waals surface area contributed by atoms with Crippen molar-refractivity contribution in [1.82, 2.24) is 0 Å². The second-order valence-electron chi connectivity index (χ2n) is 7.62. The number of rotatable bonds is 5. The Balaban J connectivity index is 3.08. The highest BCUT2D eigenvalue weighted by molar-refractivity contribution is 6.74. The number of allylic oxidation sites excluding steroid dienone is 2. The Kier molecular flexibility index (Phi) is 6.54. The van der Waals surface area contributed by atoms with Gasteiger partial charge in [-0.3, -0.25) is 4.79 Å². The number of ether oxygens (including phenoxy) is 1. The van der Waals surface area contributed by atoms with Gasteiger partial charge in [-0.1, -0.05) is 20.8 Å². The molecule has 0 fully saturated rings. The zero-order chi connectivity index (χ0) is 17.8. The highest BCUT2D eigenvalue weighted by Crippen LogP contribution is 2.40. The summed E-state index contributed by atoms with van der Waals surface area (Å²) in [6, 6.07) is 0. The molecule has 0 N–H and O–H groups in total. The normalized spacial score (nSPS) is 21.5. The minimum absolute atomic E-state index is 0.0785. The Labute approximate surface area is 141 Å². The molecule has 1 atom stereocenters. The number of carbonyl (C=O) groups excluding carboxylic acids is 2. The fourth-order valence-electron chi connectivity index (χ4n) is 2.28. The first-order chi connectivity index (χ1) is 10.5. The van der Waals surface area contributed by atoms with Crippen LogP contribution in [-0.4, -0.2) is 33.3 Å². The number of hydrogen-bond acceptors (Lipinski definition) is 4. The molecule has 0 aromatic carbocycles. The van der Waals surface area contributed by atoms with Crippen LogP contribution in [0.3, 0.4) is 0 Å². The molecule has 1 unspecified atom stereocenters. The topological polar surface area (TPSA) is 52.6 Å². The van der Waals surface area contributed by atoms with Crippen LogP contribution in [0.5, 0.6) is 0 Å². The first-order valence-electron chi connectivity index (χ1n) is 8.22. The van der Waals surface area contributed by atoms with E-state index in [9.17, 15) is 9.59 Å². The lowest BCUT2D eigenvalue weighted by Crippen LogP contribution is -2.44. The Bertz CT molecular complexity index is 524. The van der Waals surface area contributed by atoms with Crippen LogP contribution in [0.15, 0.2) is 22.8 Å². The molecule has 1 aliphatic rings. The predicted octanol–water partition coefficient (Wildman–Crippen LogP) is 4.18. The van der Waals surface area contributed by atoms with E-state index in [-0.39, 0.29) is 17.1 Å². The molecule has 0 bridgehead atoms. The molecule has 0 saturated carbocycles. The summed E-state index contributed by atoms with van der Waals surface area (Å²) >= 11 is 0. The van der Waals surface area contributed by atoms with Gasteiger partial charge in [-0.15, -0.1) is 0 Å². The third-order valence-electron chi connectivity index (χ3n) is 4.73. The van der Waals surface area contributed by atoms with E-state index in [0.29, 0.717) is 30.6 Å². The maximum Gasteiger partial charge on any atom is 0.334 e. The highest BCUT2D eigenvalue weighted by atomic mass is 28.4. The zero-order valence-electron chi connectivity index (χ0n) is 15.5. The van der Waals surface area contributed by atoms with Crippen molar-refractivity contribution in [2.45, 2.75) is 71.7 Å². The molecule has 0 spiro atoms. The fourth-order valence-corrected chi connectivity index (χ4v) is 3.64. The number of aldehydes is 1. The summed E-state index contributed by atoms with van der Waals surface area (Å²) in [5, 5.41) is 0.0990. The van der Waals surface area contributed by atoms with Gasteiger partial charge in [0.1, 0.15) is 6.29 Å². The SMILES string of the molecule is CCOC(=O)C1=C/C(=C(/C)C=O)CC(O[Si](C)(C)C(C)(C)C)C1. The minimum atomic E-state index is -1.94. The molecule has 0 amide bonds. The van der Waals surface area contributed by atoms with E-state index in [1.165, 1.54) is 0 Å². The van der Waals surface area contributed by atoms with E-state index in [1.54, 1.807) is 19.9 Å². The van der Waals surface area contributed by atoms with E-state index >= 15 is 0 Å². The van der Waals surface area contributed by atoms with Crippen molar-refractivity contribution in [1.29, 1.82) is 0 Å². The molecular formula is C18H30O4Si. The van der Waals surface area contributed by atoms with E-state index in [0.717, 1.165) is 11.9 Å². The molecule has 0 heterocycles. The van der Waals surface area contributed by atoms with Gasteiger partial charge in [-0.25, -0.2) is 4.79 Å². The molecular weight excluding hydrogens is 308 g/mol. The lowest BCUT2D eigenvalue weighted by Gasteiger charge is -2.40. The van der Waals surface area contributed by atoms with Crippen molar-refractivity contribution >= 4 is 20.6 Å². The molecule has 23 heavy (non-hydrogen) atoms. The van der Waals surface area contributed by atoms with E-state index in [4.69, 9.17) is 9.16 Å². The lowest BCUT2D eigenvalue weighted by molar-refractivity contribution is -0.139. The Morgan fingerprint density at radius 3 is 2.43 bits per heavy atom. The van der Waals surface area contributed by atoms with Crippen LogP contribution in [0.4, 0.5) is 0 Å². The Morgan fingerprint density at radius 2 is 1.96 bits per heavy atom. The van der Waals surface area contributed by atoms with Crippen molar-refractivity contribution < 1.29 is 18.8 Å². The average Bonchev–Trinajstić information content (AvgIpc) is 2.44. The van der Waals surface area contributed by atoms with Crippen LogP contribution in [0.2, 0.25) is 18.1 Å². The summed E-state index contributed by atoms with van der Waals surface area (Å²) in [6.45, 7) is 14.9. The summed E-state index contributed by atoms with van der Waals surface area (Å²) in [4.78, 5) is 23.2. The van der Waals surface area contributed by atoms with Crippen LogP contribution in [0.1, 0.15) is 47.5 Å². The van der Waals surface area contributed by atoms with Gasteiger partial charge in [-0.2, -0.15) is 0 Å². The quantitative estimate of drug-likeness (QED) is 0.327. The number of hydrogen-bond donors (Lipinski definition) is 0. The van der Waals surface area contributed by atoms with Gasteiger partial charge in [-0.05, 0) is 55.6 Å². The van der Waals surface area contributed by atoms with Gasteiger partial charge in [0.05, 0.1) is 12.7 Å². The molecule has 5 heteroatoms. The molecule has 0 saturated heterocycles. The summed E-state index contributed by atoms with van der Waals surface area (Å²) in [6.07, 6.45) is 3.77. The van der Waals surface area contributed by atoms with E-state index in [2.05, 4.69) is 33.9 Å². The fraction of sp³-hybridized carbons (Fsp3) is 0.667. The van der Waals surface area contributed by atoms with Crippen molar-refractivity contribution in [3.63, 3.8) is 0 Å². The van der Waals surface area contributed by atoms with Crippen LogP contribution in [0.25, 0.3) is 0 Å². The van der Waals surface area contributed by atoms with Gasteiger partial charge in [0, 0.05) is 12.0 Å². The smallest absolute Gasteiger partial charge is 0.334 e. The van der Waals surface area contributed by atoms with Gasteiger partial charge in [0.15, 0.2) is 8.32 Å². The van der Waals surface area contributed by atoms with E-state index < -0.39 is 8.32 Å². The van der Waals surface area contributed by atoms with E-state index in [1.807, 2.05) is 0 Å². The van der Waals surface area contributed by atoms with Crippen molar-refractivity contribution in [2.24, 2.45) is 0 Å². The first kappa shape index (κ1) is 19.8.